The fourth-order valence-corrected chi connectivity index (χ4v) is 2.08. The maximum atomic E-state index is 12.0. The smallest absolute Gasteiger partial charge is 0.319 e. The SMILES string of the molecule is COc1cccc(CNC(=O)Nc2cc(Cl)ccc2OC)c1. The maximum absolute atomic E-state index is 12.0. The zero-order chi connectivity index (χ0) is 15.9. The van der Waals surface area contributed by atoms with Crippen LogP contribution in [0.2, 0.25) is 5.02 Å². The van der Waals surface area contributed by atoms with E-state index >= 15 is 0 Å². The first-order valence-corrected chi connectivity index (χ1v) is 7.01. The number of halogens is 1. The topological polar surface area (TPSA) is 59.6 Å². The minimum absolute atomic E-state index is 0.344. The second-order valence-electron chi connectivity index (χ2n) is 4.50. The van der Waals surface area contributed by atoms with Gasteiger partial charge in [0.25, 0.3) is 0 Å². The summed E-state index contributed by atoms with van der Waals surface area (Å²) in [6, 6.07) is 12.2. The first kappa shape index (κ1) is 16.0. The normalized spacial score (nSPS) is 9.95. The Labute approximate surface area is 134 Å². The summed E-state index contributed by atoms with van der Waals surface area (Å²) < 4.78 is 10.3. The van der Waals surface area contributed by atoms with Gasteiger partial charge in [-0.05, 0) is 35.9 Å². The summed E-state index contributed by atoms with van der Waals surface area (Å²) in [4.78, 5) is 12.0. The van der Waals surface area contributed by atoms with E-state index in [1.807, 2.05) is 24.3 Å². The van der Waals surface area contributed by atoms with Gasteiger partial charge in [-0.25, -0.2) is 4.79 Å². The molecular formula is C16H17ClN2O3. The van der Waals surface area contributed by atoms with Crippen LogP contribution in [0, 0.1) is 0 Å². The van der Waals surface area contributed by atoms with Crippen molar-refractivity contribution in [2.45, 2.75) is 6.54 Å². The summed E-state index contributed by atoms with van der Waals surface area (Å²) in [7, 11) is 3.13. The maximum Gasteiger partial charge on any atom is 0.319 e. The highest BCUT2D eigenvalue weighted by atomic mass is 35.5. The van der Waals surface area contributed by atoms with E-state index in [1.54, 1.807) is 25.3 Å². The Morgan fingerprint density at radius 3 is 2.68 bits per heavy atom. The average molecular weight is 321 g/mol. The molecule has 0 atom stereocenters. The number of urea groups is 1. The van der Waals surface area contributed by atoms with Gasteiger partial charge in [0.2, 0.25) is 0 Å². The van der Waals surface area contributed by atoms with Crippen molar-refractivity contribution in [2.24, 2.45) is 0 Å². The third kappa shape index (κ3) is 4.30. The number of ether oxygens (including phenoxy) is 2. The average Bonchev–Trinajstić information content (AvgIpc) is 2.53. The van der Waals surface area contributed by atoms with E-state index in [-0.39, 0.29) is 6.03 Å². The van der Waals surface area contributed by atoms with Crippen LogP contribution in [0.5, 0.6) is 11.5 Å². The summed E-state index contributed by atoms with van der Waals surface area (Å²) in [5.74, 6) is 1.29. The Bertz CT molecular complexity index is 662. The van der Waals surface area contributed by atoms with E-state index in [0.29, 0.717) is 23.0 Å². The second kappa shape index (κ2) is 7.56. The van der Waals surface area contributed by atoms with Gasteiger partial charge in [0.1, 0.15) is 11.5 Å². The van der Waals surface area contributed by atoms with E-state index in [0.717, 1.165) is 11.3 Å². The van der Waals surface area contributed by atoms with Gasteiger partial charge >= 0.3 is 6.03 Å². The van der Waals surface area contributed by atoms with Gasteiger partial charge in [-0.3, -0.25) is 0 Å². The predicted molar refractivity (Wildman–Crippen MR) is 86.9 cm³/mol. The highest BCUT2D eigenvalue weighted by Gasteiger charge is 2.08. The molecule has 0 heterocycles. The number of carbonyl (C=O) groups is 1. The minimum Gasteiger partial charge on any atom is -0.497 e. The number of anilines is 1. The van der Waals surface area contributed by atoms with E-state index in [2.05, 4.69) is 10.6 Å². The molecule has 0 bridgehead atoms. The zero-order valence-electron chi connectivity index (χ0n) is 12.4. The van der Waals surface area contributed by atoms with Crippen LogP contribution in [-0.2, 0) is 6.54 Å². The number of benzene rings is 2. The van der Waals surface area contributed by atoms with Gasteiger partial charge < -0.3 is 20.1 Å². The lowest BCUT2D eigenvalue weighted by molar-refractivity contribution is 0.251. The van der Waals surface area contributed by atoms with Crippen LogP contribution in [0.25, 0.3) is 0 Å². The van der Waals surface area contributed by atoms with Crippen LogP contribution in [0.4, 0.5) is 10.5 Å². The molecular weight excluding hydrogens is 304 g/mol. The highest BCUT2D eigenvalue weighted by molar-refractivity contribution is 6.31. The lowest BCUT2D eigenvalue weighted by atomic mass is 10.2. The summed E-state index contributed by atoms with van der Waals surface area (Å²) in [5.41, 5.74) is 1.45. The molecule has 0 saturated carbocycles. The molecule has 0 aliphatic rings. The summed E-state index contributed by atoms with van der Waals surface area (Å²) >= 11 is 5.92. The van der Waals surface area contributed by atoms with E-state index < -0.39 is 0 Å². The van der Waals surface area contributed by atoms with Gasteiger partial charge in [-0.2, -0.15) is 0 Å². The Balaban J connectivity index is 1.97. The first-order valence-electron chi connectivity index (χ1n) is 6.63. The molecule has 2 aromatic carbocycles. The van der Waals surface area contributed by atoms with Crippen molar-refractivity contribution in [1.29, 1.82) is 0 Å². The molecule has 2 aromatic rings. The molecule has 2 N–H and O–H groups in total. The molecule has 0 aliphatic heterocycles. The number of methoxy groups -OCH3 is 2. The van der Waals surface area contributed by atoms with Crippen molar-refractivity contribution >= 4 is 23.3 Å². The molecule has 0 fully saturated rings. The lowest BCUT2D eigenvalue weighted by Crippen LogP contribution is -2.28. The number of hydrogen-bond acceptors (Lipinski definition) is 3. The summed E-state index contributed by atoms with van der Waals surface area (Å²) in [5, 5.41) is 5.99. The van der Waals surface area contributed by atoms with Gasteiger partial charge in [0.05, 0.1) is 19.9 Å². The van der Waals surface area contributed by atoms with Crippen LogP contribution in [-0.4, -0.2) is 20.3 Å². The molecule has 0 radical (unpaired) electrons. The number of nitrogens with one attached hydrogen (secondary N) is 2. The predicted octanol–water partition coefficient (Wildman–Crippen LogP) is 3.68. The van der Waals surface area contributed by atoms with Crippen molar-refractivity contribution in [3.8, 4) is 11.5 Å². The van der Waals surface area contributed by atoms with Crippen molar-refractivity contribution < 1.29 is 14.3 Å². The van der Waals surface area contributed by atoms with Crippen LogP contribution >= 0.6 is 11.6 Å². The molecule has 0 unspecified atom stereocenters. The molecule has 22 heavy (non-hydrogen) atoms. The Morgan fingerprint density at radius 1 is 1.14 bits per heavy atom. The number of amides is 2. The zero-order valence-corrected chi connectivity index (χ0v) is 13.1. The van der Waals surface area contributed by atoms with E-state index in [4.69, 9.17) is 21.1 Å². The molecule has 0 aromatic heterocycles. The Hall–Kier alpha value is -2.40. The minimum atomic E-state index is -0.344. The van der Waals surface area contributed by atoms with Crippen LogP contribution < -0.4 is 20.1 Å². The first-order chi connectivity index (χ1) is 10.6. The molecule has 116 valence electrons. The van der Waals surface area contributed by atoms with Crippen molar-refractivity contribution in [3.63, 3.8) is 0 Å². The number of rotatable bonds is 5. The second-order valence-corrected chi connectivity index (χ2v) is 4.94. The van der Waals surface area contributed by atoms with Crippen molar-refractivity contribution in [2.75, 3.05) is 19.5 Å². The molecule has 0 saturated heterocycles. The van der Waals surface area contributed by atoms with Crippen LogP contribution in [0.3, 0.4) is 0 Å². The quantitative estimate of drug-likeness (QED) is 0.883. The lowest BCUT2D eigenvalue weighted by Gasteiger charge is -2.12. The fraction of sp³-hybridized carbons (Fsp3) is 0.188. The third-order valence-electron chi connectivity index (χ3n) is 3.00. The molecule has 2 amide bonds. The van der Waals surface area contributed by atoms with Gasteiger partial charge in [-0.15, -0.1) is 0 Å². The van der Waals surface area contributed by atoms with Gasteiger partial charge in [-0.1, -0.05) is 23.7 Å². The van der Waals surface area contributed by atoms with Crippen LogP contribution in [0.1, 0.15) is 5.56 Å². The van der Waals surface area contributed by atoms with E-state index in [1.165, 1.54) is 7.11 Å². The summed E-state index contributed by atoms with van der Waals surface area (Å²) in [6.07, 6.45) is 0. The Morgan fingerprint density at radius 2 is 1.95 bits per heavy atom. The van der Waals surface area contributed by atoms with Crippen molar-refractivity contribution in [3.05, 3.63) is 53.1 Å². The summed E-state index contributed by atoms with van der Waals surface area (Å²) in [6.45, 7) is 0.381. The molecule has 0 spiro atoms. The van der Waals surface area contributed by atoms with E-state index in [9.17, 15) is 4.79 Å². The standard InChI is InChI=1S/C16H17ClN2O3/c1-21-13-5-3-4-11(8-13)10-18-16(20)19-14-9-12(17)6-7-15(14)22-2/h3-9H,10H2,1-2H3,(H2,18,19,20). The van der Waals surface area contributed by atoms with Gasteiger partial charge in [0.15, 0.2) is 0 Å². The molecule has 2 rings (SSSR count). The molecule has 6 heteroatoms. The monoisotopic (exact) mass is 320 g/mol. The number of hydrogen-bond donors (Lipinski definition) is 2. The molecule has 0 aliphatic carbocycles. The van der Waals surface area contributed by atoms with Gasteiger partial charge in [0, 0.05) is 11.6 Å². The highest BCUT2D eigenvalue weighted by Crippen LogP contribution is 2.27. The third-order valence-corrected chi connectivity index (χ3v) is 3.23. The van der Waals surface area contributed by atoms with Crippen LogP contribution in [0.15, 0.2) is 42.5 Å². The fourth-order valence-electron chi connectivity index (χ4n) is 1.91. The Kier molecular flexibility index (Phi) is 5.49. The van der Waals surface area contributed by atoms with Crippen molar-refractivity contribution in [1.82, 2.24) is 5.32 Å². The molecule has 5 nitrogen and oxygen atoms in total. The largest absolute Gasteiger partial charge is 0.497 e. The number of carbonyl (C=O) groups excluding carboxylic acids is 1.